The average Bonchev–Trinajstić information content (AvgIpc) is 3.06. The number of Topliss-reactive ketones (excluding diaryl/α,β-unsaturated/α-hetero) is 1. The predicted molar refractivity (Wildman–Crippen MR) is 87.4 cm³/mol. The monoisotopic (exact) mass is 324 g/mol. The number of ether oxygens (including phenoxy) is 1. The fourth-order valence-corrected chi connectivity index (χ4v) is 3.37. The van der Waals surface area contributed by atoms with Crippen LogP contribution in [0.25, 0.3) is 0 Å². The van der Waals surface area contributed by atoms with Crippen LogP contribution in [0.3, 0.4) is 0 Å². The Morgan fingerprint density at radius 2 is 2.05 bits per heavy atom. The second kappa shape index (κ2) is 7.85. The summed E-state index contributed by atoms with van der Waals surface area (Å²) in [6.45, 7) is 2.06. The van der Waals surface area contributed by atoms with Gasteiger partial charge in [0.25, 0.3) is 0 Å². The molecule has 2 heterocycles. The molecule has 1 aromatic heterocycles. The minimum Gasteiger partial charge on any atom is -0.381 e. The topological polar surface area (TPSA) is 58.6 Å². The van der Waals surface area contributed by atoms with Crippen LogP contribution >= 0.6 is 11.3 Å². The quantitative estimate of drug-likeness (QED) is 0.779. The molecule has 0 saturated carbocycles. The van der Waals surface area contributed by atoms with E-state index in [1.54, 1.807) is 6.07 Å². The Balaban J connectivity index is 1.78. The number of thiophene rings is 1. The first kappa shape index (κ1) is 17.1. The molecule has 0 atom stereocenters. The van der Waals surface area contributed by atoms with Crippen molar-refractivity contribution in [1.82, 2.24) is 10.2 Å². The second-order valence-corrected chi connectivity index (χ2v) is 6.86. The third-order valence-electron chi connectivity index (χ3n) is 4.36. The van der Waals surface area contributed by atoms with Crippen LogP contribution in [0.1, 0.15) is 35.4 Å². The minimum absolute atomic E-state index is 0.0360. The summed E-state index contributed by atoms with van der Waals surface area (Å²) in [6, 6.07) is 3.65. The maximum Gasteiger partial charge on any atom is 0.220 e. The number of carbonyl (C=O) groups is 2. The summed E-state index contributed by atoms with van der Waals surface area (Å²) >= 11 is 1.42. The van der Waals surface area contributed by atoms with Crippen LogP contribution in [0.5, 0.6) is 0 Å². The number of hydrogen-bond acceptors (Lipinski definition) is 5. The van der Waals surface area contributed by atoms with Crippen molar-refractivity contribution in [2.75, 3.05) is 33.9 Å². The normalized spacial score (nSPS) is 17.4. The molecule has 5 nitrogen and oxygen atoms in total. The maximum absolute atomic E-state index is 12.0. The highest BCUT2D eigenvalue weighted by Crippen LogP contribution is 2.25. The highest BCUT2D eigenvalue weighted by Gasteiger charge is 2.34. The highest BCUT2D eigenvalue weighted by molar-refractivity contribution is 7.12. The Kier molecular flexibility index (Phi) is 6.11. The van der Waals surface area contributed by atoms with Crippen molar-refractivity contribution in [3.63, 3.8) is 0 Å². The third kappa shape index (κ3) is 4.38. The number of amides is 1. The molecule has 1 amide bonds. The number of hydrogen-bond donors (Lipinski definition) is 1. The van der Waals surface area contributed by atoms with E-state index in [4.69, 9.17) is 4.74 Å². The number of rotatable bonds is 7. The molecule has 1 aromatic rings. The van der Waals surface area contributed by atoms with Gasteiger partial charge in [-0.1, -0.05) is 6.07 Å². The minimum atomic E-state index is -0.0578. The molecule has 122 valence electrons. The zero-order chi connectivity index (χ0) is 16.0. The van der Waals surface area contributed by atoms with E-state index >= 15 is 0 Å². The summed E-state index contributed by atoms with van der Waals surface area (Å²) in [6.07, 6.45) is 2.34. The number of likely N-dealkylation sites (N-methyl/N-ethyl adjacent to an activating group) is 1. The van der Waals surface area contributed by atoms with Crippen LogP contribution in [-0.4, -0.2) is 56.0 Å². The van der Waals surface area contributed by atoms with Gasteiger partial charge < -0.3 is 15.0 Å². The summed E-state index contributed by atoms with van der Waals surface area (Å²) in [4.78, 5) is 26.8. The first-order valence-corrected chi connectivity index (χ1v) is 8.50. The van der Waals surface area contributed by atoms with Crippen molar-refractivity contribution in [2.45, 2.75) is 31.2 Å². The van der Waals surface area contributed by atoms with Crippen molar-refractivity contribution in [2.24, 2.45) is 0 Å². The van der Waals surface area contributed by atoms with E-state index in [9.17, 15) is 9.59 Å². The fourth-order valence-electron chi connectivity index (χ4n) is 2.67. The molecule has 2 rings (SSSR count). The largest absolute Gasteiger partial charge is 0.381 e. The van der Waals surface area contributed by atoms with Gasteiger partial charge in [0, 0.05) is 38.1 Å². The van der Waals surface area contributed by atoms with Crippen molar-refractivity contribution < 1.29 is 14.3 Å². The molecule has 1 saturated heterocycles. The Labute approximate surface area is 135 Å². The molecule has 0 aliphatic carbocycles. The Morgan fingerprint density at radius 3 is 2.64 bits per heavy atom. The SMILES string of the molecule is CN(C)C1(CNC(=O)CCC(=O)c2cccs2)CCOCC1. The lowest BCUT2D eigenvalue weighted by Crippen LogP contribution is -2.55. The first-order chi connectivity index (χ1) is 10.5. The van der Waals surface area contributed by atoms with Gasteiger partial charge in [-0.15, -0.1) is 11.3 Å². The van der Waals surface area contributed by atoms with Crippen molar-refractivity contribution in [3.8, 4) is 0 Å². The van der Waals surface area contributed by atoms with E-state index in [0.717, 1.165) is 30.9 Å². The van der Waals surface area contributed by atoms with Crippen LogP contribution in [-0.2, 0) is 9.53 Å². The molecule has 0 radical (unpaired) electrons. The molecule has 6 heteroatoms. The van der Waals surface area contributed by atoms with Crippen LogP contribution in [0.15, 0.2) is 17.5 Å². The highest BCUT2D eigenvalue weighted by atomic mass is 32.1. The zero-order valence-electron chi connectivity index (χ0n) is 13.3. The van der Waals surface area contributed by atoms with Crippen LogP contribution in [0, 0.1) is 0 Å². The van der Waals surface area contributed by atoms with Gasteiger partial charge in [-0.05, 0) is 38.4 Å². The van der Waals surface area contributed by atoms with Gasteiger partial charge in [0.1, 0.15) is 0 Å². The van der Waals surface area contributed by atoms with E-state index in [2.05, 4.69) is 10.2 Å². The van der Waals surface area contributed by atoms with E-state index in [0.29, 0.717) is 6.54 Å². The molecule has 1 fully saturated rings. The predicted octanol–water partition coefficient (Wildman–Crippen LogP) is 1.94. The van der Waals surface area contributed by atoms with Crippen molar-refractivity contribution in [1.29, 1.82) is 0 Å². The Bertz CT molecular complexity index is 493. The molecule has 0 spiro atoms. The van der Waals surface area contributed by atoms with E-state index < -0.39 is 0 Å². The summed E-state index contributed by atoms with van der Waals surface area (Å²) in [5.41, 5.74) is -0.0360. The third-order valence-corrected chi connectivity index (χ3v) is 5.27. The van der Waals surface area contributed by atoms with Gasteiger partial charge in [0.15, 0.2) is 5.78 Å². The number of carbonyl (C=O) groups excluding carboxylic acids is 2. The van der Waals surface area contributed by atoms with Gasteiger partial charge >= 0.3 is 0 Å². The smallest absolute Gasteiger partial charge is 0.220 e. The van der Waals surface area contributed by atoms with Gasteiger partial charge in [-0.3, -0.25) is 9.59 Å². The summed E-state index contributed by atoms with van der Waals surface area (Å²) in [5.74, 6) is -0.0174. The van der Waals surface area contributed by atoms with Gasteiger partial charge in [-0.2, -0.15) is 0 Å². The van der Waals surface area contributed by atoms with Crippen LogP contribution in [0.2, 0.25) is 0 Å². The molecule has 0 unspecified atom stereocenters. The molecule has 1 aliphatic heterocycles. The van der Waals surface area contributed by atoms with E-state index in [-0.39, 0.29) is 30.1 Å². The standard InChI is InChI=1S/C16H24N2O3S/c1-18(2)16(7-9-21-10-8-16)12-17-15(20)6-5-13(19)14-4-3-11-22-14/h3-4,11H,5-10,12H2,1-2H3,(H,17,20). The first-order valence-electron chi connectivity index (χ1n) is 7.62. The molecular formula is C16H24N2O3S. The summed E-state index contributed by atoms with van der Waals surface area (Å²) in [7, 11) is 4.08. The number of nitrogens with one attached hydrogen (secondary N) is 1. The zero-order valence-corrected chi connectivity index (χ0v) is 14.1. The molecule has 1 aliphatic rings. The molecule has 1 N–H and O–H groups in total. The van der Waals surface area contributed by atoms with Crippen LogP contribution < -0.4 is 5.32 Å². The molecule has 0 aromatic carbocycles. The van der Waals surface area contributed by atoms with E-state index in [1.165, 1.54) is 11.3 Å². The molecular weight excluding hydrogens is 300 g/mol. The Morgan fingerprint density at radius 1 is 1.32 bits per heavy atom. The summed E-state index contributed by atoms with van der Waals surface area (Å²) < 4.78 is 5.42. The lowest BCUT2D eigenvalue weighted by atomic mass is 9.88. The Hall–Kier alpha value is -1.24. The average molecular weight is 324 g/mol. The molecule has 0 bridgehead atoms. The summed E-state index contributed by atoms with van der Waals surface area (Å²) in [5, 5.41) is 4.86. The van der Waals surface area contributed by atoms with Gasteiger partial charge in [0.05, 0.1) is 4.88 Å². The fraction of sp³-hybridized carbons (Fsp3) is 0.625. The maximum atomic E-state index is 12.0. The van der Waals surface area contributed by atoms with Crippen molar-refractivity contribution >= 4 is 23.0 Å². The van der Waals surface area contributed by atoms with Gasteiger partial charge in [0.2, 0.25) is 5.91 Å². The number of ketones is 1. The van der Waals surface area contributed by atoms with Crippen molar-refractivity contribution in [3.05, 3.63) is 22.4 Å². The van der Waals surface area contributed by atoms with Crippen LogP contribution in [0.4, 0.5) is 0 Å². The number of nitrogens with zero attached hydrogens (tertiary/aromatic N) is 1. The van der Waals surface area contributed by atoms with Gasteiger partial charge in [-0.25, -0.2) is 0 Å². The molecule has 22 heavy (non-hydrogen) atoms. The van der Waals surface area contributed by atoms with E-state index in [1.807, 2.05) is 25.5 Å². The second-order valence-electron chi connectivity index (χ2n) is 5.91. The lowest BCUT2D eigenvalue weighted by molar-refractivity contribution is -0.122. The lowest BCUT2D eigenvalue weighted by Gasteiger charge is -2.42.